The van der Waals surface area contributed by atoms with E-state index in [0.29, 0.717) is 17.4 Å². The summed E-state index contributed by atoms with van der Waals surface area (Å²) in [7, 11) is 0. The van der Waals surface area contributed by atoms with Crippen LogP contribution in [0.1, 0.15) is 18.3 Å². The number of amides is 1. The number of aromatic nitrogens is 3. The lowest BCUT2D eigenvalue weighted by molar-refractivity contribution is -0.384. The number of carbonyl (C=O) groups excluding carboxylic acids is 1. The zero-order chi connectivity index (χ0) is 21.0. The Bertz CT molecular complexity index is 1040. The van der Waals surface area contributed by atoms with Gasteiger partial charge in [-0.25, -0.2) is 0 Å². The van der Waals surface area contributed by atoms with Gasteiger partial charge in [-0.3, -0.25) is 14.9 Å². The summed E-state index contributed by atoms with van der Waals surface area (Å²) in [5, 5.41) is 22.1. The molecule has 3 aromatic rings. The van der Waals surface area contributed by atoms with Gasteiger partial charge in [-0.1, -0.05) is 53.7 Å². The van der Waals surface area contributed by atoms with Gasteiger partial charge >= 0.3 is 0 Å². The highest BCUT2D eigenvalue weighted by atomic mass is 35.5. The Kier molecular flexibility index (Phi) is 6.50. The summed E-state index contributed by atoms with van der Waals surface area (Å²) in [6.07, 6.45) is 0. The number of nitrogens with zero attached hydrogens (tertiary/aromatic N) is 4. The predicted octanol–water partition coefficient (Wildman–Crippen LogP) is 4.32. The molecule has 10 heteroatoms. The highest BCUT2D eigenvalue weighted by Crippen LogP contribution is 2.29. The van der Waals surface area contributed by atoms with E-state index in [2.05, 4.69) is 15.5 Å². The maximum atomic E-state index is 12.6. The van der Waals surface area contributed by atoms with Crippen LogP contribution in [0, 0.1) is 17.0 Å². The lowest BCUT2D eigenvalue weighted by Crippen LogP contribution is -2.23. The molecule has 3 rings (SSSR count). The molecule has 1 heterocycles. The van der Waals surface area contributed by atoms with E-state index < -0.39 is 10.2 Å². The molecule has 0 aliphatic rings. The maximum Gasteiger partial charge on any atom is 0.271 e. The van der Waals surface area contributed by atoms with Crippen molar-refractivity contribution in [2.24, 2.45) is 0 Å². The van der Waals surface area contributed by atoms with Crippen molar-refractivity contribution in [2.45, 2.75) is 30.8 Å². The van der Waals surface area contributed by atoms with Gasteiger partial charge < -0.3 is 9.88 Å². The average Bonchev–Trinajstić information content (AvgIpc) is 3.03. The van der Waals surface area contributed by atoms with Crippen molar-refractivity contribution in [3.05, 3.63) is 75.1 Å². The summed E-state index contributed by atoms with van der Waals surface area (Å²) in [6.45, 7) is 4.21. The minimum absolute atomic E-state index is 0.104. The van der Waals surface area contributed by atoms with E-state index in [1.165, 1.54) is 30.0 Å². The third-order valence-electron chi connectivity index (χ3n) is 4.16. The lowest BCUT2D eigenvalue weighted by Gasteiger charge is -2.14. The zero-order valence-corrected chi connectivity index (χ0v) is 17.3. The number of thioether (sulfide) groups is 1. The topological polar surface area (TPSA) is 103 Å². The highest BCUT2D eigenvalue weighted by Gasteiger charge is 2.21. The number of nitro benzene ring substituents is 1. The van der Waals surface area contributed by atoms with Gasteiger partial charge in [0.25, 0.3) is 5.69 Å². The van der Waals surface area contributed by atoms with Gasteiger partial charge in [-0.15, -0.1) is 10.2 Å². The fraction of sp³-hybridized carbons (Fsp3) is 0.211. The van der Waals surface area contributed by atoms with E-state index in [4.69, 9.17) is 11.6 Å². The molecule has 150 valence electrons. The van der Waals surface area contributed by atoms with Gasteiger partial charge in [0.2, 0.25) is 5.91 Å². The van der Waals surface area contributed by atoms with Crippen LogP contribution in [0.15, 0.2) is 53.7 Å². The minimum atomic E-state index is -0.544. The SMILES string of the molecule is Cc1nnc(SC(C)C(=O)Nc2ccc([N+](=O)[O-])cc2Cl)n1Cc1ccccc1. The largest absolute Gasteiger partial charge is 0.324 e. The van der Waals surface area contributed by atoms with Crippen molar-refractivity contribution in [3.8, 4) is 0 Å². The third-order valence-corrected chi connectivity index (χ3v) is 5.55. The molecular formula is C19H18ClN5O3S. The molecule has 1 aromatic heterocycles. The molecule has 0 spiro atoms. The molecule has 1 amide bonds. The molecule has 29 heavy (non-hydrogen) atoms. The number of carbonyl (C=O) groups is 1. The first-order valence-electron chi connectivity index (χ1n) is 8.70. The maximum absolute atomic E-state index is 12.6. The number of benzene rings is 2. The summed E-state index contributed by atoms with van der Waals surface area (Å²) in [5.74, 6) is 0.458. The van der Waals surface area contributed by atoms with E-state index in [-0.39, 0.29) is 16.6 Å². The lowest BCUT2D eigenvalue weighted by atomic mass is 10.2. The van der Waals surface area contributed by atoms with E-state index >= 15 is 0 Å². The average molecular weight is 432 g/mol. The second-order valence-electron chi connectivity index (χ2n) is 6.27. The number of non-ortho nitro benzene ring substituents is 1. The van der Waals surface area contributed by atoms with Crippen molar-refractivity contribution in [3.63, 3.8) is 0 Å². The van der Waals surface area contributed by atoms with Gasteiger partial charge in [-0.2, -0.15) is 0 Å². The summed E-state index contributed by atoms with van der Waals surface area (Å²) in [6, 6.07) is 13.8. The predicted molar refractivity (Wildman–Crippen MR) is 112 cm³/mol. The van der Waals surface area contributed by atoms with Crippen molar-refractivity contribution < 1.29 is 9.72 Å². The molecule has 0 radical (unpaired) electrons. The van der Waals surface area contributed by atoms with Crippen LogP contribution in [0.25, 0.3) is 0 Å². The Morgan fingerprint density at radius 1 is 1.28 bits per heavy atom. The van der Waals surface area contributed by atoms with Crippen molar-refractivity contribution in [1.29, 1.82) is 0 Å². The molecule has 0 saturated carbocycles. The molecule has 0 aliphatic carbocycles. The summed E-state index contributed by atoms with van der Waals surface area (Å²) in [5.41, 5.74) is 1.28. The second kappa shape index (κ2) is 9.06. The number of nitro groups is 1. The van der Waals surface area contributed by atoms with Gasteiger partial charge in [-0.05, 0) is 25.5 Å². The Morgan fingerprint density at radius 3 is 2.66 bits per heavy atom. The van der Waals surface area contributed by atoms with Crippen LogP contribution in [0.5, 0.6) is 0 Å². The summed E-state index contributed by atoms with van der Waals surface area (Å²) < 4.78 is 1.95. The number of hydrogen-bond acceptors (Lipinski definition) is 6. The monoisotopic (exact) mass is 431 g/mol. The minimum Gasteiger partial charge on any atom is -0.324 e. The van der Waals surface area contributed by atoms with Crippen molar-refractivity contribution >= 4 is 40.6 Å². The normalized spacial score (nSPS) is 11.8. The van der Waals surface area contributed by atoms with Crippen molar-refractivity contribution in [1.82, 2.24) is 14.8 Å². The molecule has 0 fully saturated rings. The molecule has 1 N–H and O–H groups in total. The second-order valence-corrected chi connectivity index (χ2v) is 7.99. The van der Waals surface area contributed by atoms with Crippen LogP contribution in [-0.4, -0.2) is 30.8 Å². The number of hydrogen-bond donors (Lipinski definition) is 1. The molecule has 0 saturated heterocycles. The van der Waals surface area contributed by atoms with Gasteiger partial charge in [0.05, 0.1) is 27.4 Å². The van der Waals surface area contributed by atoms with Crippen LogP contribution in [-0.2, 0) is 11.3 Å². The summed E-state index contributed by atoms with van der Waals surface area (Å²) >= 11 is 7.33. The molecule has 1 unspecified atom stereocenters. The van der Waals surface area contributed by atoms with E-state index in [9.17, 15) is 14.9 Å². The Balaban J connectivity index is 1.70. The zero-order valence-electron chi connectivity index (χ0n) is 15.7. The van der Waals surface area contributed by atoms with Crippen LogP contribution in [0.3, 0.4) is 0 Å². The van der Waals surface area contributed by atoms with E-state index in [0.717, 1.165) is 11.4 Å². The Morgan fingerprint density at radius 2 is 2.00 bits per heavy atom. The third kappa shape index (κ3) is 5.12. The molecule has 0 bridgehead atoms. The van der Waals surface area contributed by atoms with Crippen LogP contribution >= 0.6 is 23.4 Å². The smallest absolute Gasteiger partial charge is 0.271 e. The van der Waals surface area contributed by atoms with Gasteiger partial charge in [0.15, 0.2) is 5.16 Å². The Hall–Kier alpha value is -2.91. The van der Waals surface area contributed by atoms with Crippen LogP contribution in [0.2, 0.25) is 5.02 Å². The summed E-state index contributed by atoms with van der Waals surface area (Å²) in [4.78, 5) is 22.8. The molecule has 0 aliphatic heterocycles. The molecule has 1 atom stereocenters. The fourth-order valence-electron chi connectivity index (χ4n) is 2.56. The first-order chi connectivity index (χ1) is 13.8. The van der Waals surface area contributed by atoms with Crippen molar-refractivity contribution in [2.75, 3.05) is 5.32 Å². The number of anilines is 1. The van der Waals surface area contributed by atoms with E-state index in [1.54, 1.807) is 6.92 Å². The first kappa shape index (κ1) is 20.8. The number of rotatable bonds is 7. The van der Waals surface area contributed by atoms with Crippen LogP contribution in [0.4, 0.5) is 11.4 Å². The molecular weight excluding hydrogens is 414 g/mol. The number of aryl methyl sites for hydroxylation is 1. The quantitative estimate of drug-likeness (QED) is 0.339. The van der Waals surface area contributed by atoms with Gasteiger partial charge in [0.1, 0.15) is 5.82 Å². The van der Waals surface area contributed by atoms with Gasteiger partial charge in [0, 0.05) is 12.1 Å². The van der Waals surface area contributed by atoms with Crippen LogP contribution < -0.4 is 5.32 Å². The number of halogens is 1. The molecule has 8 nitrogen and oxygen atoms in total. The number of nitrogens with one attached hydrogen (secondary N) is 1. The molecule has 2 aromatic carbocycles. The Labute approximate surface area is 176 Å². The standard InChI is InChI=1S/C19H18ClN5O3S/c1-12(18(26)21-17-9-8-15(25(27)28)10-16(17)20)29-19-23-22-13(2)24(19)11-14-6-4-3-5-7-14/h3-10,12H,11H2,1-2H3,(H,21,26). The van der Waals surface area contributed by atoms with E-state index in [1.807, 2.05) is 41.8 Å². The fourth-order valence-corrected chi connectivity index (χ4v) is 3.68. The highest BCUT2D eigenvalue weighted by molar-refractivity contribution is 8.00. The first-order valence-corrected chi connectivity index (χ1v) is 9.96.